The third-order valence-corrected chi connectivity index (χ3v) is 9.51. The Morgan fingerprint density at radius 2 is 1.14 bits per heavy atom. The number of fused-ring (bicyclic) bond motifs is 2. The fourth-order valence-corrected chi connectivity index (χ4v) is 6.35. The molecular formula is C40H39Br2ClF4N4O8. The zero-order valence-corrected chi connectivity index (χ0v) is 34.2. The van der Waals surface area contributed by atoms with Crippen LogP contribution in [0.15, 0.2) is 81.7 Å². The van der Waals surface area contributed by atoms with E-state index in [9.17, 15) is 36.7 Å². The van der Waals surface area contributed by atoms with E-state index in [1.54, 1.807) is 36.4 Å². The van der Waals surface area contributed by atoms with Crippen molar-refractivity contribution >= 4 is 78.2 Å². The van der Waals surface area contributed by atoms with Crippen molar-refractivity contribution in [2.75, 3.05) is 43.7 Å². The number of benzene rings is 4. The molecule has 0 fully saturated rings. The first kappa shape index (κ1) is 49.8. The standard InChI is InChI=1S/C19H17BrF2N2O4.C17H11BrF2N2O2.C2H3ClO2.2CH4/c1-19(11-7-13(21)10-14(22)8-11)17(25)24(6-5-23-18(26)27-2)15-9-12(20)3-4-16(15)28-19;1-17(10-6-12(19)9-13(20)7-10)16(23)22(5-4-21)14-8-11(18)2-3-15(14)24-17;1-5-2(3)4;;/h3-4,7-10H,5-6H2,1-2H3,(H,23,26);2-3,6-9H,5H2,1H3;1H3;2*1H4/t19-;17-;;;/m00.../s1. The van der Waals surface area contributed by atoms with Gasteiger partial charge < -0.3 is 29.2 Å². The van der Waals surface area contributed by atoms with Crippen LogP contribution in [0.5, 0.6) is 11.5 Å². The maximum Gasteiger partial charge on any atom is 0.406 e. The van der Waals surface area contributed by atoms with Gasteiger partial charge in [0.25, 0.3) is 11.8 Å². The normalized spacial score (nSPS) is 17.2. The zero-order valence-electron chi connectivity index (χ0n) is 30.3. The highest BCUT2D eigenvalue weighted by Crippen LogP contribution is 2.45. The first-order chi connectivity index (χ1) is 26.9. The van der Waals surface area contributed by atoms with Crippen LogP contribution in [0.3, 0.4) is 0 Å². The van der Waals surface area contributed by atoms with Crippen molar-refractivity contribution < 1.29 is 55.7 Å². The Hall–Kier alpha value is -5.38. The molecule has 0 radical (unpaired) electrons. The van der Waals surface area contributed by atoms with Gasteiger partial charge in [-0.1, -0.05) is 46.7 Å². The Kier molecular flexibility index (Phi) is 17.8. The van der Waals surface area contributed by atoms with E-state index in [2.05, 4.69) is 58.3 Å². The summed E-state index contributed by atoms with van der Waals surface area (Å²) in [5.41, 5.74) is -3.07. The summed E-state index contributed by atoms with van der Waals surface area (Å²) < 4.78 is 76.3. The number of carbonyl (C=O) groups is 4. The van der Waals surface area contributed by atoms with Gasteiger partial charge in [-0.25, -0.2) is 27.2 Å². The molecule has 0 saturated carbocycles. The molecule has 3 amide bonds. The second-order valence-electron chi connectivity index (χ2n) is 12.2. The molecule has 2 heterocycles. The number of nitrogens with zero attached hydrogens (tertiary/aromatic N) is 3. The first-order valence-electron chi connectivity index (χ1n) is 16.3. The Morgan fingerprint density at radius 3 is 1.51 bits per heavy atom. The SMILES string of the molecule is C.C.COC(=O)Cl.COC(=O)NCCN1C(=O)[C@](C)(c2cc(F)cc(F)c2)Oc2ccc(Br)cc21.C[C@@]1(c2cc(F)cc(F)c2)Oc2ccc(Br)cc2N(CC#N)C1=O. The molecule has 0 spiro atoms. The lowest BCUT2D eigenvalue weighted by Crippen LogP contribution is -2.54. The quantitative estimate of drug-likeness (QED) is 0.113. The van der Waals surface area contributed by atoms with Gasteiger partial charge in [0, 0.05) is 56.9 Å². The molecular weight excluding hydrogens is 936 g/mol. The topological polar surface area (TPSA) is 148 Å². The van der Waals surface area contributed by atoms with Gasteiger partial charge >= 0.3 is 11.5 Å². The van der Waals surface area contributed by atoms with Crippen LogP contribution in [0.1, 0.15) is 39.8 Å². The predicted molar refractivity (Wildman–Crippen MR) is 219 cm³/mol. The molecule has 0 aliphatic carbocycles. The average molecular weight is 975 g/mol. The summed E-state index contributed by atoms with van der Waals surface area (Å²) in [6.45, 7) is 2.89. The van der Waals surface area contributed by atoms with Gasteiger partial charge in [0.15, 0.2) is 0 Å². The molecule has 316 valence electrons. The monoisotopic (exact) mass is 972 g/mol. The third-order valence-electron chi connectivity index (χ3n) is 8.36. The number of rotatable bonds is 6. The number of halogens is 7. The van der Waals surface area contributed by atoms with Crippen molar-refractivity contribution in [2.24, 2.45) is 0 Å². The lowest BCUT2D eigenvalue weighted by Gasteiger charge is -2.41. The Morgan fingerprint density at radius 1 is 0.746 bits per heavy atom. The van der Waals surface area contributed by atoms with Gasteiger partial charge in [0.05, 0.1) is 31.7 Å². The molecule has 4 aromatic carbocycles. The number of nitrogens with one attached hydrogen (secondary N) is 1. The van der Waals surface area contributed by atoms with Crippen LogP contribution in [-0.2, 0) is 30.3 Å². The van der Waals surface area contributed by atoms with E-state index < -0.39 is 57.8 Å². The summed E-state index contributed by atoms with van der Waals surface area (Å²) in [5, 5.41) is 11.5. The van der Waals surface area contributed by atoms with Crippen LogP contribution < -0.4 is 24.6 Å². The van der Waals surface area contributed by atoms with Gasteiger partial charge in [-0.2, -0.15) is 5.26 Å². The number of carbonyl (C=O) groups excluding carboxylic acids is 4. The number of alkyl carbamates (subject to hydrolysis) is 1. The summed E-state index contributed by atoms with van der Waals surface area (Å²) >= 11 is 11.3. The smallest absolute Gasteiger partial charge is 0.406 e. The molecule has 0 unspecified atom stereocenters. The number of hydrogen-bond donors (Lipinski definition) is 1. The molecule has 12 nitrogen and oxygen atoms in total. The highest BCUT2D eigenvalue weighted by molar-refractivity contribution is 9.10. The lowest BCUT2D eigenvalue weighted by molar-refractivity contribution is -0.135. The minimum Gasteiger partial charge on any atom is -0.471 e. The maximum atomic E-state index is 13.8. The second-order valence-corrected chi connectivity index (χ2v) is 14.3. The molecule has 0 aromatic heterocycles. The van der Waals surface area contributed by atoms with Gasteiger partial charge in [-0.3, -0.25) is 14.5 Å². The van der Waals surface area contributed by atoms with Gasteiger partial charge in [-0.05, 0) is 74.5 Å². The van der Waals surface area contributed by atoms with Crippen LogP contribution in [0, 0.1) is 34.6 Å². The van der Waals surface area contributed by atoms with E-state index in [0.29, 0.717) is 31.8 Å². The highest BCUT2D eigenvalue weighted by atomic mass is 79.9. The van der Waals surface area contributed by atoms with E-state index in [4.69, 9.17) is 14.7 Å². The molecule has 0 bridgehead atoms. The average Bonchev–Trinajstić information content (AvgIpc) is 3.15. The van der Waals surface area contributed by atoms with Gasteiger partial charge in [0.1, 0.15) is 41.3 Å². The molecule has 2 aliphatic rings. The van der Waals surface area contributed by atoms with Crippen molar-refractivity contribution in [3.8, 4) is 17.6 Å². The largest absolute Gasteiger partial charge is 0.471 e. The summed E-state index contributed by atoms with van der Waals surface area (Å²) in [7, 11) is 2.45. The van der Waals surface area contributed by atoms with Crippen LogP contribution in [0.4, 0.5) is 38.5 Å². The number of amides is 3. The predicted octanol–water partition coefficient (Wildman–Crippen LogP) is 9.88. The molecule has 19 heteroatoms. The van der Waals surface area contributed by atoms with E-state index in [-0.39, 0.29) is 45.6 Å². The van der Waals surface area contributed by atoms with Gasteiger partial charge in [-0.15, -0.1) is 0 Å². The molecule has 4 aromatic rings. The maximum absolute atomic E-state index is 13.8. The number of nitriles is 1. The molecule has 6 rings (SSSR count). The Balaban J connectivity index is 0.000000357. The Labute approximate surface area is 360 Å². The lowest BCUT2D eigenvalue weighted by atomic mass is 9.91. The van der Waals surface area contributed by atoms with Crippen LogP contribution in [0.25, 0.3) is 0 Å². The highest BCUT2D eigenvalue weighted by Gasteiger charge is 2.48. The summed E-state index contributed by atoms with van der Waals surface area (Å²) in [4.78, 5) is 49.5. The number of ether oxygens (including phenoxy) is 4. The third kappa shape index (κ3) is 11.6. The molecule has 2 atom stereocenters. The van der Waals surface area contributed by atoms with E-state index >= 15 is 0 Å². The van der Waals surface area contributed by atoms with E-state index in [1.807, 2.05) is 6.07 Å². The zero-order chi connectivity index (χ0) is 42.2. The van der Waals surface area contributed by atoms with Crippen molar-refractivity contribution in [3.63, 3.8) is 0 Å². The van der Waals surface area contributed by atoms with Crippen molar-refractivity contribution in [3.05, 3.63) is 116 Å². The minimum absolute atomic E-state index is 0. The fraction of sp³-hybridized carbons (Fsp3) is 0.275. The number of methoxy groups -OCH3 is 2. The number of hydrogen-bond acceptors (Lipinski definition) is 9. The van der Waals surface area contributed by atoms with E-state index in [1.165, 1.54) is 37.9 Å². The van der Waals surface area contributed by atoms with Gasteiger partial charge in [0.2, 0.25) is 11.2 Å². The molecule has 0 saturated heterocycles. The molecule has 2 aliphatic heterocycles. The van der Waals surface area contributed by atoms with Crippen LogP contribution in [0.2, 0.25) is 0 Å². The van der Waals surface area contributed by atoms with E-state index in [0.717, 1.165) is 36.4 Å². The second kappa shape index (κ2) is 21.0. The van der Waals surface area contributed by atoms with Crippen molar-refractivity contribution in [1.82, 2.24) is 5.32 Å². The van der Waals surface area contributed by atoms with Crippen molar-refractivity contribution in [1.29, 1.82) is 5.26 Å². The fourth-order valence-electron chi connectivity index (χ4n) is 5.65. The van der Waals surface area contributed by atoms with Crippen molar-refractivity contribution in [2.45, 2.75) is 39.9 Å². The summed E-state index contributed by atoms with van der Waals surface area (Å²) in [5.74, 6) is -3.61. The summed E-state index contributed by atoms with van der Waals surface area (Å²) in [6, 6.07) is 17.7. The summed E-state index contributed by atoms with van der Waals surface area (Å²) in [6.07, 6.45) is -0.634. The minimum atomic E-state index is -1.64. The van der Waals surface area contributed by atoms with Crippen LogP contribution >= 0.6 is 43.5 Å². The first-order valence-corrected chi connectivity index (χ1v) is 18.3. The number of anilines is 2. The molecule has 1 N–H and O–H groups in total. The molecule has 59 heavy (non-hydrogen) atoms. The van der Waals surface area contributed by atoms with Crippen LogP contribution in [-0.4, -0.2) is 57.2 Å². The Bertz CT molecular complexity index is 2210.